The van der Waals surface area contributed by atoms with Crippen molar-refractivity contribution in [2.75, 3.05) is 11.2 Å². The molecule has 0 radical (unpaired) electrons. The number of benzene rings is 1. The lowest BCUT2D eigenvalue weighted by atomic mass is 10.3. The Morgan fingerprint density at radius 1 is 1.22 bits per heavy atom. The normalized spacial score (nSPS) is 11.7. The van der Waals surface area contributed by atoms with E-state index in [2.05, 4.69) is 4.98 Å². The summed E-state index contributed by atoms with van der Waals surface area (Å²) in [5, 5.41) is 2.33. The van der Waals surface area contributed by atoms with E-state index in [-0.39, 0.29) is 17.3 Å². The number of carbonyl (C=O) groups excluding carboxylic acids is 1. The molecule has 0 unspecified atom stereocenters. The Morgan fingerprint density at radius 2 is 2.07 bits per heavy atom. The van der Waals surface area contributed by atoms with Crippen LogP contribution in [0.25, 0.3) is 10.2 Å². The second-order valence-corrected chi connectivity index (χ2v) is 9.82. The minimum Gasteiger partial charge on any atom is -0.467 e. The van der Waals surface area contributed by atoms with Crippen LogP contribution in [0.3, 0.4) is 0 Å². The molecular formula is C18H14N2O4S3. The molecule has 9 heteroatoms. The number of anilines is 1. The van der Waals surface area contributed by atoms with Crippen molar-refractivity contribution in [1.29, 1.82) is 0 Å². The predicted octanol–water partition coefficient (Wildman–Crippen LogP) is 4.20. The van der Waals surface area contributed by atoms with Crippen molar-refractivity contribution in [1.82, 2.24) is 4.98 Å². The Labute approximate surface area is 163 Å². The predicted molar refractivity (Wildman–Crippen MR) is 106 cm³/mol. The Kier molecular flexibility index (Phi) is 4.58. The number of hydrogen-bond donors (Lipinski definition) is 0. The van der Waals surface area contributed by atoms with E-state index in [1.807, 2.05) is 11.4 Å². The molecule has 0 atom stereocenters. The Morgan fingerprint density at radius 3 is 2.74 bits per heavy atom. The highest BCUT2D eigenvalue weighted by molar-refractivity contribution is 7.90. The highest BCUT2D eigenvalue weighted by Crippen LogP contribution is 2.32. The topological polar surface area (TPSA) is 80.5 Å². The van der Waals surface area contributed by atoms with Crippen LogP contribution >= 0.6 is 22.7 Å². The maximum atomic E-state index is 13.0. The number of nitrogens with zero attached hydrogens (tertiary/aromatic N) is 2. The standard InChI is InChI=1S/C18H14N2O4S3/c1-27(22,23)13-6-7-14-16(10-13)26-18(19-14)20(11-12-4-2-8-24-12)17(21)15-5-3-9-25-15/h2-10H,11H2,1H3. The zero-order valence-electron chi connectivity index (χ0n) is 14.2. The van der Waals surface area contributed by atoms with Gasteiger partial charge in [-0.3, -0.25) is 9.69 Å². The molecule has 0 aliphatic heterocycles. The number of rotatable bonds is 5. The van der Waals surface area contributed by atoms with Gasteiger partial charge in [0.2, 0.25) is 0 Å². The van der Waals surface area contributed by atoms with Crippen LogP contribution in [0.5, 0.6) is 0 Å². The lowest BCUT2D eigenvalue weighted by Gasteiger charge is -2.17. The van der Waals surface area contributed by atoms with Gasteiger partial charge in [0.05, 0.1) is 32.8 Å². The summed E-state index contributed by atoms with van der Waals surface area (Å²) in [4.78, 5) is 19.9. The molecule has 0 spiro atoms. The van der Waals surface area contributed by atoms with Crippen molar-refractivity contribution in [2.24, 2.45) is 0 Å². The van der Waals surface area contributed by atoms with Crippen LogP contribution in [0.15, 0.2) is 63.4 Å². The molecule has 0 aliphatic carbocycles. The Bertz CT molecular complexity index is 1190. The number of furan rings is 1. The van der Waals surface area contributed by atoms with Crippen LogP contribution in [-0.4, -0.2) is 25.6 Å². The first-order valence-corrected chi connectivity index (χ1v) is 11.5. The van der Waals surface area contributed by atoms with E-state index >= 15 is 0 Å². The summed E-state index contributed by atoms with van der Waals surface area (Å²) in [6.07, 6.45) is 2.72. The number of hydrogen-bond acceptors (Lipinski definition) is 7. The fourth-order valence-corrected chi connectivity index (χ4v) is 4.95. The summed E-state index contributed by atoms with van der Waals surface area (Å²) in [6, 6.07) is 11.9. The van der Waals surface area contributed by atoms with Crippen molar-refractivity contribution < 1.29 is 17.6 Å². The van der Waals surface area contributed by atoms with Crippen molar-refractivity contribution in [3.05, 3.63) is 64.7 Å². The zero-order chi connectivity index (χ0) is 19.0. The molecule has 1 aromatic carbocycles. The fraction of sp³-hybridized carbons (Fsp3) is 0.111. The first-order valence-electron chi connectivity index (χ1n) is 7.90. The van der Waals surface area contributed by atoms with Gasteiger partial charge in [-0.1, -0.05) is 17.4 Å². The first-order chi connectivity index (χ1) is 12.9. The zero-order valence-corrected chi connectivity index (χ0v) is 16.6. The van der Waals surface area contributed by atoms with E-state index in [0.29, 0.717) is 26.0 Å². The number of fused-ring (bicyclic) bond motifs is 1. The summed E-state index contributed by atoms with van der Waals surface area (Å²) in [5.41, 5.74) is 0.644. The fourth-order valence-electron chi connectivity index (χ4n) is 2.56. The van der Waals surface area contributed by atoms with Crippen LogP contribution in [0.1, 0.15) is 15.4 Å². The SMILES string of the molecule is CS(=O)(=O)c1ccc2nc(N(Cc3ccco3)C(=O)c3cccs3)sc2c1. The van der Waals surface area contributed by atoms with Gasteiger partial charge in [-0.25, -0.2) is 13.4 Å². The van der Waals surface area contributed by atoms with Crippen molar-refractivity contribution in [2.45, 2.75) is 11.4 Å². The van der Waals surface area contributed by atoms with Crippen molar-refractivity contribution in [3.63, 3.8) is 0 Å². The van der Waals surface area contributed by atoms with Gasteiger partial charge in [0.25, 0.3) is 5.91 Å². The maximum absolute atomic E-state index is 13.0. The summed E-state index contributed by atoms with van der Waals surface area (Å²) in [6.45, 7) is 0.239. The quantitative estimate of drug-likeness (QED) is 0.485. The number of aromatic nitrogens is 1. The van der Waals surface area contributed by atoms with Crippen LogP contribution in [0.2, 0.25) is 0 Å². The molecule has 3 aromatic heterocycles. The summed E-state index contributed by atoms with van der Waals surface area (Å²) in [5.74, 6) is 0.458. The number of carbonyl (C=O) groups is 1. The van der Waals surface area contributed by atoms with Gasteiger partial charge in [0.15, 0.2) is 15.0 Å². The summed E-state index contributed by atoms with van der Waals surface area (Å²) >= 11 is 2.63. The number of sulfone groups is 1. The summed E-state index contributed by atoms with van der Waals surface area (Å²) in [7, 11) is -3.31. The van der Waals surface area contributed by atoms with Gasteiger partial charge in [0.1, 0.15) is 5.76 Å². The van der Waals surface area contributed by atoms with E-state index in [4.69, 9.17) is 4.42 Å². The molecule has 0 fully saturated rings. The van der Waals surface area contributed by atoms with Crippen LogP contribution in [0, 0.1) is 0 Å². The molecule has 0 aliphatic rings. The van der Waals surface area contributed by atoms with Gasteiger partial charge in [-0.15, -0.1) is 11.3 Å². The van der Waals surface area contributed by atoms with Crippen molar-refractivity contribution in [3.8, 4) is 0 Å². The van der Waals surface area contributed by atoms with Crippen LogP contribution in [-0.2, 0) is 16.4 Å². The van der Waals surface area contributed by atoms with E-state index in [9.17, 15) is 13.2 Å². The molecular weight excluding hydrogens is 404 g/mol. The number of thiazole rings is 1. The Hall–Kier alpha value is -2.49. The maximum Gasteiger partial charge on any atom is 0.270 e. The average Bonchev–Trinajstić information content (AvgIpc) is 3.38. The smallest absolute Gasteiger partial charge is 0.270 e. The average molecular weight is 419 g/mol. The van der Waals surface area contributed by atoms with Gasteiger partial charge < -0.3 is 4.42 Å². The lowest BCUT2D eigenvalue weighted by Crippen LogP contribution is -2.29. The molecule has 1 amide bonds. The molecule has 0 saturated carbocycles. The highest BCUT2D eigenvalue weighted by atomic mass is 32.2. The van der Waals surface area contributed by atoms with E-state index in [1.54, 1.807) is 41.5 Å². The van der Waals surface area contributed by atoms with Gasteiger partial charge in [-0.05, 0) is 41.8 Å². The highest BCUT2D eigenvalue weighted by Gasteiger charge is 2.23. The first kappa shape index (κ1) is 17.9. The molecule has 6 nitrogen and oxygen atoms in total. The molecule has 27 heavy (non-hydrogen) atoms. The molecule has 0 bridgehead atoms. The number of thiophene rings is 1. The third kappa shape index (κ3) is 3.66. The van der Waals surface area contributed by atoms with Crippen molar-refractivity contribution >= 4 is 53.8 Å². The third-order valence-corrected chi connectivity index (χ3v) is 6.89. The van der Waals surface area contributed by atoms with Gasteiger partial charge in [0, 0.05) is 6.26 Å². The molecule has 3 heterocycles. The molecule has 4 aromatic rings. The molecule has 0 N–H and O–H groups in total. The minimum absolute atomic E-state index is 0.177. The molecule has 4 rings (SSSR count). The molecule has 138 valence electrons. The van der Waals surface area contributed by atoms with E-state index in [1.165, 1.54) is 35.0 Å². The van der Waals surface area contributed by atoms with E-state index in [0.717, 1.165) is 0 Å². The summed E-state index contributed by atoms with van der Waals surface area (Å²) < 4.78 is 29.7. The second-order valence-electron chi connectivity index (χ2n) is 5.85. The van der Waals surface area contributed by atoms with Crippen LogP contribution in [0.4, 0.5) is 5.13 Å². The number of amides is 1. The monoisotopic (exact) mass is 418 g/mol. The second kappa shape index (κ2) is 6.91. The lowest BCUT2D eigenvalue weighted by molar-refractivity contribution is 0.0987. The largest absolute Gasteiger partial charge is 0.467 e. The van der Waals surface area contributed by atoms with Gasteiger partial charge in [-0.2, -0.15) is 0 Å². The Balaban J connectivity index is 1.78. The van der Waals surface area contributed by atoms with Gasteiger partial charge >= 0.3 is 0 Å². The van der Waals surface area contributed by atoms with E-state index < -0.39 is 9.84 Å². The third-order valence-electron chi connectivity index (χ3n) is 3.88. The molecule has 0 saturated heterocycles. The van der Waals surface area contributed by atoms with Crippen LogP contribution < -0.4 is 4.90 Å². The minimum atomic E-state index is -3.31.